The molecule has 0 spiro atoms. The van der Waals surface area contributed by atoms with Crippen molar-refractivity contribution in [1.82, 2.24) is 14.8 Å². The zero-order valence-corrected chi connectivity index (χ0v) is 22.8. The largest absolute Gasteiger partial charge is 0.481 e. The van der Waals surface area contributed by atoms with Crippen LogP contribution in [0.3, 0.4) is 0 Å². The Morgan fingerprint density at radius 3 is 2.68 bits per heavy atom. The van der Waals surface area contributed by atoms with Gasteiger partial charge in [0.1, 0.15) is 4.21 Å². The Balaban J connectivity index is 1.87. The first kappa shape index (κ1) is 25.7. The lowest BCUT2D eigenvalue weighted by Crippen LogP contribution is -2.59. The van der Waals surface area contributed by atoms with Crippen LogP contribution in [0.15, 0.2) is 58.3 Å². The standard InChI is InChI=1S/C25H25ClN4O5S2/c1-28(2)23(31)20-8-5-13-29(20)25(17-7-4-12-27-22(17)35-3)18-15-16(26)10-11-19(18)30(24(25)32)37(33,34)21-9-6-14-36-21/h4,6-7,9-12,14-15,20H,5,8,13H2,1-3H3/t20-,25?/m0/s1. The van der Waals surface area contributed by atoms with Gasteiger partial charge < -0.3 is 9.64 Å². The second-order valence-electron chi connectivity index (χ2n) is 9.02. The number of carbonyl (C=O) groups is 2. The molecule has 37 heavy (non-hydrogen) atoms. The summed E-state index contributed by atoms with van der Waals surface area (Å²) >= 11 is 7.48. The molecule has 9 nitrogen and oxygen atoms in total. The van der Waals surface area contributed by atoms with Crippen molar-refractivity contribution in [1.29, 1.82) is 0 Å². The molecule has 1 aromatic carbocycles. The average molecular weight is 561 g/mol. The van der Waals surface area contributed by atoms with E-state index in [1.165, 1.54) is 30.3 Å². The van der Waals surface area contributed by atoms with Crippen LogP contribution in [0.1, 0.15) is 24.0 Å². The van der Waals surface area contributed by atoms with E-state index in [9.17, 15) is 18.0 Å². The summed E-state index contributed by atoms with van der Waals surface area (Å²) in [6.45, 7) is 0.368. The number of fused-ring (bicyclic) bond motifs is 1. The first-order valence-electron chi connectivity index (χ1n) is 11.6. The molecule has 194 valence electrons. The molecule has 5 rings (SSSR count). The van der Waals surface area contributed by atoms with Crippen molar-refractivity contribution in [2.75, 3.05) is 32.1 Å². The lowest BCUT2D eigenvalue weighted by atomic mass is 9.81. The molecule has 2 aliphatic heterocycles. The van der Waals surface area contributed by atoms with Crippen LogP contribution in [0.5, 0.6) is 5.88 Å². The molecule has 0 saturated carbocycles. The van der Waals surface area contributed by atoms with Gasteiger partial charge in [0.05, 0.1) is 18.8 Å². The lowest BCUT2D eigenvalue weighted by molar-refractivity contribution is -0.138. The summed E-state index contributed by atoms with van der Waals surface area (Å²) in [6, 6.07) is 10.4. The third-order valence-corrected chi connectivity index (χ3v) is 10.1. The highest BCUT2D eigenvalue weighted by molar-refractivity contribution is 7.95. The lowest BCUT2D eigenvalue weighted by Gasteiger charge is -2.41. The van der Waals surface area contributed by atoms with Crippen LogP contribution in [-0.4, -0.2) is 68.8 Å². The number of likely N-dealkylation sites (N-methyl/N-ethyl adjacent to an activating group) is 1. The van der Waals surface area contributed by atoms with E-state index in [-0.39, 0.29) is 21.7 Å². The van der Waals surface area contributed by atoms with Crippen molar-refractivity contribution >= 4 is 50.5 Å². The van der Waals surface area contributed by atoms with E-state index in [2.05, 4.69) is 4.98 Å². The molecule has 0 bridgehead atoms. The van der Waals surface area contributed by atoms with E-state index in [0.29, 0.717) is 35.5 Å². The highest BCUT2D eigenvalue weighted by atomic mass is 35.5. The number of anilines is 1. The Bertz CT molecular complexity index is 1480. The molecular weight excluding hydrogens is 536 g/mol. The number of ether oxygens (including phenoxy) is 1. The van der Waals surface area contributed by atoms with Crippen LogP contribution in [-0.2, 0) is 25.2 Å². The number of sulfonamides is 1. The van der Waals surface area contributed by atoms with Gasteiger partial charge in [-0.3, -0.25) is 14.5 Å². The van der Waals surface area contributed by atoms with E-state index < -0.39 is 27.5 Å². The van der Waals surface area contributed by atoms with Gasteiger partial charge in [-0.1, -0.05) is 17.7 Å². The minimum Gasteiger partial charge on any atom is -0.481 e. The number of pyridine rings is 1. The molecular formula is C25H25ClN4O5S2. The van der Waals surface area contributed by atoms with Crippen molar-refractivity contribution in [3.8, 4) is 5.88 Å². The predicted octanol–water partition coefficient (Wildman–Crippen LogP) is 3.34. The normalized spacial score (nSPS) is 21.8. The number of benzene rings is 1. The van der Waals surface area contributed by atoms with Gasteiger partial charge in [-0.25, -0.2) is 4.98 Å². The molecule has 2 aliphatic rings. The molecule has 0 radical (unpaired) electrons. The topological polar surface area (TPSA) is 100 Å². The van der Waals surface area contributed by atoms with Crippen LogP contribution in [0.25, 0.3) is 0 Å². The third kappa shape index (κ3) is 3.75. The summed E-state index contributed by atoms with van der Waals surface area (Å²) in [5.74, 6) is -0.765. The Hall–Kier alpha value is -2.99. The summed E-state index contributed by atoms with van der Waals surface area (Å²) in [4.78, 5) is 35.8. The van der Waals surface area contributed by atoms with Crippen molar-refractivity contribution in [2.45, 2.75) is 28.6 Å². The number of methoxy groups -OCH3 is 1. The Kier molecular flexibility index (Phi) is 6.51. The number of thiophene rings is 1. The minimum absolute atomic E-state index is 0.0260. The van der Waals surface area contributed by atoms with E-state index in [0.717, 1.165) is 15.6 Å². The Morgan fingerprint density at radius 1 is 1.22 bits per heavy atom. The maximum atomic E-state index is 14.8. The first-order chi connectivity index (χ1) is 17.6. The van der Waals surface area contributed by atoms with Crippen LogP contribution in [0.2, 0.25) is 5.02 Å². The van der Waals surface area contributed by atoms with Crippen molar-refractivity contribution in [2.24, 2.45) is 0 Å². The molecule has 2 aromatic heterocycles. The van der Waals surface area contributed by atoms with Gasteiger partial charge in [0.15, 0.2) is 5.54 Å². The number of rotatable bonds is 6. The van der Waals surface area contributed by atoms with E-state index in [1.807, 2.05) is 0 Å². The number of carbonyl (C=O) groups excluding carboxylic acids is 2. The molecule has 2 amide bonds. The fraction of sp³-hybridized carbons (Fsp3) is 0.320. The minimum atomic E-state index is -4.28. The fourth-order valence-corrected chi connectivity index (χ4v) is 8.03. The van der Waals surface area contributed by atoms with Gasteiger partial charge in [0.2, 0.25) is 11.8 Å². The van der Waals surface area contributed by atoms with E-state index >= 15 is 0 Å². The molecule has 2 atom stereocenters. The molecule has 1 saturated heterocycles. The zero-order chi connectivity index (χ0) is 26.5. The Morgan fingerprint density at radius 2 is 2.00 bits per heavy atom. The number of hydrogen-bond acceptors (Lipinski definition) is 8. The molecule has 12 heteroatoms. The van der Waals surface area contributed by atoms with Gasteiger partial charge in [0.25, 0.3) is 15.9 Å². The predicted molar refractivity (Wildman–Crippen MR) is 140 cm³/mol. The quantitative estimate of drug-likeness (QED) is 0.456. The van der Waals surface area contributed by atoms with Gasteiger partial charge in [-0.2, -0.15) is 12.7 Å². The maximum absolute atomic E-state index is 14.8. The van der Waals surface area contributed by atoms with Crippen molar-refractivity contribution < 1.29 is 22.7 Å². The molecule has 1 fully saturated rings. The smallest absolute Gasteiger partial charge is 0.280 e. The summed E-state index contributed by atoms with van der Waals surface area (Å²) < 4.78 is 34.3. The fourth-order valence-electron chi connectivity index (χ4n) is 5.33. The third-order valence-electron chi connectivity index (χ3n) is 6.81. The van der Waals surface area contributed by atoms with Gasteiger partial charge in [0, 0.05) is 43.0 Å². The van der Waals surface area contributed by atoms with Crippen molar-refractivity contribution in [3.05, 3.63) is 70.2 Å². The first-order valence-corrected chi connectivity index (χ1v) is 14.3. The maximum Gasteiger partial charge on any atom is 0.280 e. The number of likely N-dealkylation sites (tertiary alicyclic amines) is 1. The number of aromatic nitrogens is 1. The monoisotopic (exact) mass is 560 g/mol. The molecule has 0 aliphatic carbocycles. The van der Waals surface area contributed by atoms with E-state index in [4.69, 9.17) is 16.3 Å². The second kappa shape index (κ2) is 9.39. The van der Waals surface area contributed by atoms with Crippen LogP contribution < -0.4 is 9.04 Å². The molecule has 1 unspecified atom stereocenters. The number of halogens is 1. The van der Waals surface area contributed by atoms with Gasteiger partial charge >= 0.3 is 0 Å². The van der Waals surface area contributed by atoms with Crippen molar-refractivity contribution in [3.63, 3.8) is 0 Å². The molecule has 0 N–H and O–H groups in total. The molecule has 4 heterocycles. The second-order valence-corrected chi connectivity index (χ2v) is 12.4. The summed E-state index contributed by atoms with van der Waals surface area (Å²) in [5.41, 5.74) is -0.850. The zero-order valence-electron chi connectivity index (χ0n) is 20.4. The highest BCUT2D eigenvalue weighted by Gasteiger charge is 2.63. The van der Waals surface area contributed by atoms with Crippen LogP contribution >= 0.6 is 22.9 Å². The molecule has 3 aromatic rings. The summed E-state index contributed by atoms with van der Waals surface area (Å²) in [7, 11) is 0.473. The van der Waals surface area contributed by atoms with Crippen LogP contribution in [0.4, 0.5) is 5.69 Å². The SMILES string of the molecule is COc1ncccc1C1(N2CCC[C@H]2C(=O)N(C)C)C(=O)N(S(=O)(=O)c2cccs2)c2ccc(Cl)cc21. The number of amides is 2. The van der Waals surface area contributed by atoms with Gasteiger partial charge in [-0.15, -0.1) is 11.3 Å². The van der Waals surface area contributed by atoms with Gasteiger partial charge in [-0.05, 0) is 54.6 Å². The number of hydrogen-bond donors (Lipinski definition) is 0. The summed E-state index contributed by atoms with van der Waals surface area (Å²) in [6.07, 6.45) is 2.67. The number of nitrogens with zero attached hydrogens (tertiary/aromatic N) is 4. The highest BCUT2D eigenvalue weighted by Crippen LogP contribution is 2.54. The summed E-state index contributed by atoms with van der Waals surface area (Å²) in [5, 5.41) is 1.96. The average Bonchev–Trinajstić information content (AvgIpc) is 3.62. The van der Waals surface area contributed by atoms with E-state index in [1.54, 1.807) is 54.7 Å². The Labute approximate surface area is 224 Å². The van der Waals surface area contributed by atoms with Crippen LogP contribution in [0, 0.1) is 0 Å².